The number of para-hydroxylation sites is 2. The van der Waals surface area contributed by atoms with Gasteiger partial charge in [-0.25, -0.2) is 0 Å². The third-order valence-electron chi connectivity index (χ3n) is 4.41. The molecule has 0 aliphatic carbocycles. The maximum atomic E-state index is 5.81. The number of ether oxygens (including phenoxy) is 2. The Morgan fingerprint density at radius 1 is 1.29 bits per heavy atom. The zero-order valence-corrected chi connectivity index (χ0v) is 12.9. The quantitative estimate of drug-likeness (QED) is 0.903. The Labute approximate surface area is 127 Å². The molecule has 2 heterocycles. The molecule has 1 saturated heterocycles. The minimum absolute atomic E-state index is 0.393. The number of hydrogen-bond acceptors (Lipinski definition) is 4. The summed E-state index contributed by atoms with van der Waals surface area (Å²) in [7, 11) is 0. The lowest BCUT2D eigenvalue weighted by atomic mass is 10.1. The number of nitrogens with one attached hydrogen (secondary N) is 1. The predicted octanol–water partition coefficient (Wildman–Crippen LogP) is 2.43. The van der Waals surface area contributed by atoms with Gasteiger partial charge in [-0.3, -0.25) is 0 Å². The van der Waals surface area contributed by atoms with Gasteiger partial charge in [0.2, 0.25) is 0 Å². The molecule has 1 aromatic rings. The number of hydrogen-bond donors (Lipinski definition) is 1. The van der Waals surface area contributed by atoms with Gasteiger partial charge in [0, 0.05) is 32.3 Å². The molecule has 2 atom stereocenters. The van der Waals surface area contributed by atoms with Gasteiger partial charge in [-0.2, -0.15) is 0 Å². The summed E-state index contributed by atoms with van der Waals surface area (Å²) in [6.45, 7) is 7.02. The molecule has 4 heteroatoms. The summed E-state index contributed by atoms with van der Waals surface area (Å²) in [6, 6.07) is 8.79. The molecular weight excluding hydrogens is 264 g/mol. The van der Waals surface area contributed by atoms with Crippen LogP contribution in [0, 0.1) is 0 Å². The van der Waals surface area contributed by atoms with Crippen molar-refractivity contribution in [1.29, 1.82) is 0 Å². The van der Waals surface area contributed by atoms with Crippen molar-refractivity contribution in [2.24, 2.45) is 0 Å². The first-order valence-corrected chi connectivity index (χ1v) is 8.16. The van der Waals surface area contributed by atoms with E-state index in [1.807, 2.05) is 6.07 Å². The number of rotatable bonds is 5. The molecule has 0 saturated carbocycles. The Hall–Kier alpha value is -1.26. The van der Waals surface area contributed by atoms with Crippen LogP contribution in [0.1, 0.15) is 26.2 Å². The maximum Gasteiger partial charge on any atom is 0.142 e. The van der Waals surface area contributed by atoms with Crippen LogP contribution >= 0.6 is 0 Å². The zero-order valence-electron chi connectivity index (χ0n) is 12.9. The maximum absolute atomic E-state index is 5.81. The molecule has 116 valence electrons. The van der Waals surface area contributed by atoms with Crippen molar-refractivity contribution in [2.75, 3.05) is 37.7 Å². The third kappa shape index (κ3) is 3.69. The van der Waals surface area contributed by atoms with Gasteiger partial charge in [-0.1, -0.05) is 12.1 Å². The van der Waals surface area contributed by atoms with E-state index in [0.717, 1.165) is 45.0 Å². The summed E-state index contributed by atoms with van der Waals surface area (Å²) < 4.78 is 11.5. The van der Waals surface area contributed by atoms with Gasteiger partial charge in [-0.15, -0.1) is 0 Å². The first-order valence-electron chi connectivity index (χ1n) is 8.16. The Balaban J connectivity index is 1.52. The van der Waals surface area contributed by atoms with E-state index in [-0.39, 0.29) is 0 Å². The van der Waals surface area contributed by atoms with Crippen LogP contribution < -0.4 is 15.0 Å². The minimum atomic E-state index is 0.393. The molecule has 2 aliphatic heterocycles. The smallest absolute Gasteiger partial charge is 0.142 e. The molecule has 1 N–H and O–H groups in total. The predicted molar refractivity (Wildman–Crippen MR) is 85.2 cm³/mol. The lowest BCUT2D eigenvalue weighted by molar-refractivity contribution is 0.0840. The highest BCUT2D eigenvalue weighted by molar-refractivity contribution is 5.58. The van der Waals surface area contributed by atoms with E-state index in [2.05, 4.69) is 35.3 Å². The van der Waals surface area contributed by atoms with E-state index in [9.17, 15) is 0 Å². The van der Waals surface area contributed by atoms with Crippen LogP contribution in [0.2, 0.25) is 0 Å². The van der Waals surface area contributed by atoms with Crippen LogP contribution in [-0.2, 0) is 4.74 Å². The van der Waals surface area contributed by atoms with Crippen LogP contribution in [0.5, 0.6) is 5.75 Å². The van der Waals surface area contributed by atoms with Gasteiger partial charge in [0.25, 0.3) is 0 Å². The fourth-order valence-electron chi connectivity index (χ4n) is 3.19. The van der Waals surface area contributed by atoms with Gasteiger partial charge in [-0.05, 0) is 38.3 Å². The molecule has 0 bridgehead atoms. The second-order valence-corrected chi connectivity index (χ2v) is 5.95. The van der Waals surface area contributed by atoms with Crippen molar-refractivity contribution in [3.05, 3.63) is 24.3 Å². The van der Waals surface area contributed by atoms with Crippen molar-refractivity contribution in [1.82, 2.24) is 5.32 Å². The van der Waals surface area contributed by atoms with Crippen molar-refractivity contribution < 1.29 is 9.47 Å². The van der Waals surface area contributed by atoms with Crippen LogP contribution in [-0.4, -0.2) is 45.0 Å². The SMILES string of the molecule is CC(NCCN1CCCOc2ccccc21)C1CCCO1. The zero-order chi connectivity index (χ0) is 14.5. The van der Waals surface area contributed by atoms with Crippen molar-refractivity contribution in [2.45, 2.75) is 38.3 Å². The van der Waals surface area contributed by atoms with Crippen LogP contribution in [0.25, 0.3) is 0 Å². The number of nitrogens with zero attached hydrogens (tertiary/aromatic N) is 1. The number of fused-ring (bicyclic) bond motifs is 1. The summed E-state index contributed by atoms with van der Waals surface area (Å²) in [6.07, 6.45) is 3.86. The molecule has 0 aromatic heterocycles. The van der Waals surface area contributed by atoms with E-state index in [1.165, 1.54) is 18.5 Å². The first-order chi connectivity index (χ1) is 10.3. The lowest BCUT2D eigenvalue weighted by Crippen LogP contribution is -2.41. The number of anilines is 1. The minimum Gasteiger partial charge on any atom is -0.491 e. The molecule has 0 radical (unpaired) electrons. The summed E-state index contributed by atoms with van der Waals surface area (Å²) in [5.41, 5.74) is 1.22. The van der Waals surface area contributed by atoms with E-state index < -0.39 is 0 Å². The largest absolute Gasteiger partial charge is 0.491 e. The molecule has 1 aromatic carbocycles. The van der Waals surface area contributed by atoms with E-state index >= 15 is 0 Å². The standard InChI is InChI=1S/C17H26N2O2/c1-14(16-8-4-12-20-16)18-9-11-19-10-5-13-21-17-7-3-2-6-15(17)19/h2-3,6-7,14,16,18H,4-5,8-13H2,1H3. The molecule has 2 aliphatic rings. The molecule has 3 rings (SSSR count). The molecule has 21 heavy (non-hydrogen) atoms. The molecule has 2 unspecified atom stereocenters. The fraction of sp³-hybridized carbons (Fsp3) is 0.647. The summed E-state index contributed by atoms with van der Waals surface area (Å²) in [5, 5.41) is 3.62. The van der Waals surface area contributed by atoms with Gasteiger partial charge in [0.15, 0.2) is 0 Å². The van der Waals surface area contributed by atoms with Crippen molar-refractivity contribution >= 4 is 5.69 Å². The molecule has 1 fully saturated rings. The van der Waals surface area contributed by atoms with Gasteiger partial charge in [0.05, 0.1) is 18.4 Å². The Kier molecular flexibility index (Phi) is 4.99. The van der Waals surface area contributed by atoms with Crippen molar-refractivity contribution in [3.63, 3.8) is 0 Å². The van der Waals surface area contributed by atoms with E-state index in [4.69, 9.17) is 9.47 Å². The monoisotopic (exact) mass is 290 g/mol. The second kappa shape index (κ2) is 7.14. The van der Waals surface area contributed by atoms with E-state index in [1.54, 1.807) is 0 Å². The lowest BCUT2D eigenvalue weighted by Gasteiger charge is -2.26. The Morgan fingerprint density at radius 2 is 2.19 bits per heavy atom. The van der Waals surface area contributed by atoms with Crippen molar-refractivity contribution in [3.8, 4) is 5.75 Å². The average molecular weight is 290 g/mol. The fourth-order valence-corrected chi connectivity index (χ4v) is 3.19. The summed E-state index contributed by atoms with van der Waals surface area (Å²) in [4.78, 5) is 2.43. The van der Waals surface area contributed by atoms with Gasteiger partial charge in [0.1, 0.15) is 5.75 Å². The van der Waals surface area contributed by atoms with Crippen LogP contribution in [0.15, 0.2) is 24.3 Å². The number of benzene rings is 1. The Bertz CT molecular complexity index is 446. The first kappa shape index (κ1) is 14.7. The normalized spacial score (nSPS) is 23.3. The van der Waals surface area contributed by atoms with Gasteiger partial charge < -0.3 is 19.7 Å². The summed E-state index contributed by atoms with van der Waals surface area (Å²) >= 11 is 0. The highest BCUT2D eigenvalue weighted by Gasteiger charge is 2.22. The Morgan fingerprint density at radius 3 is 3.05 bits per heavy atom. The van der Waals surface area contributed by atoms with Gasteiger partial charge >= 0.3 is 0 Å². The topological polar surface area (TPSA) is 33.7 Å². The van der Waals surface area contributed by atoms with Crippen LogP contribution in [0.3, 0.4) is 0 Å². The highest BCUT2D eigenvalue weighted by Crippen LogP contribution is 2.30. The van der Waals surface area contributed by atoms with E-state index in [0.29, 0.717) is 12.1 Å². The second-order valence-electron chi connectivity index (χ2n) is 5.95. The highest BCUT2D eigenvalue weighted by atomic mass is 16.5. The third-order valence-corrected chi connectivity index (χ3v) is 4.41. The molecule has 0 amide bonds. The van der Waals surface area contributed by atoms with Crippen LogP contribution in [0.4, 0.5) is 5.69 Å². The average Bonchev–Trinajstić information content (AvgIpc) is 2.97. The molecular formula is C17H26N2O2. The molecule has 0 spiro atoms. The molecule has 4 nitrogen and oxygen atoms in total. The summed E-state index contributed by atoms with van der Waals surface area (Å²) in [5.74, 6) is 1.02.